The maximum absolute atomic E-state index is 13.3. The van der Waals surface area contributed by atoms with Gasteiger partial charge in [0.1, 0.15) is 11.7 Å². The summed E-state index contributed by atoms with van der Waals surface area (Å²) >= 11 is 0. The Morgan fingerprint density at radius 3 is 2.57 bits per heavy atom. The summed E-state index contributed by atoms with van der Waals surface area (Å²) in [6.45, 7) is 7.69. The molecule has 46 heavy (non-hydrogen) atoms. The van der Waals surface area contributed by atoms with Crippen LogP contribution in [0.15, 0.2) is 42.6 Å². The van der Waals surface area contributed by atoms with Crippen molar-refractivity contribution in [2.45, 2.75) is 77.8 Å². The smallest absolute Gasteiger partial charge is 0.412 e. The average molecular weight is 630 g/mol. The monoisotopic (exact) mass is 629 g/mol. The highest BCUT2D eigenvalue weighted by atomic mass is 16.7. The number of hydrogen-bond acceptors (Lipinski definition) is 10. The van der Waals surface area contributed by atoms with Gasteiger partial charge >= 0.3 is 6.09 Å². The number of rotatable bonds is 10. The lowest BCUT2D eigenvalue weighted by atomic mass is 10.1. The van der Waals surface area contributed by atoms with Crippen LogP contribution in [0.1, 0.15) is 80.9 Å². The fourth-order valence-electron chi connectivity index (χ4n) is 5.36. The van der Waals surface area contributed by atoms with Crippen molar-refractivity contribution in [2.75, 3.05) is 35.2 Å². The number of anilines is 3. The van der Waals surface area contributed by atoms with E-state index < -0.39 is 29.8 Å². The summed E-state index contributed by atoms with van der Waals surface area (Å²) in [6, 6.07) is 12.1. The number of amides is 2. The van der Waals surface area contributed by atoms with E-state index in [2.05, 4.69) is 31.9 Å². The summed E-state index contributed by atoms with van der Waals surface area (Å²) in [5, 5.41) is 23.5. The molecule has 2 saturated heterocycles. The van der Waals surface area contributed by atoms with Crippen LogP contribution in [0.2, 0.25) is 0 Å². The molecule has 2 amide bonds. The number of hydrogen-bond donors (Lipinski definition) is 2. The predicted octanol–water partition coefficient (Wildman–Crippen LogP) is 5.34. The van der Waals surface area contributed by atoms with Crippen molar-refractivity contribution in [1.29, 1.82) is 5.26 Å². The van der Waals surface area contributed by atoms with E-state index in [4.69, 9.17) is 14.2 Å². The molecule has 0 aliphatic carbocycles. The van der Waals surface area contributed by atoms with E-state index in [1.54, 1.807) is 62.0 Å². The molecule has 1 unspecified atom stereocenters. The van der Waals surface area contributed by atoms with Gasteiger partial charge in [-0.15, -0.1) is 5.10 Å². The molecule has 13 heteroatoms. The van der Waals surface area contributed by atoms with E-state index in [1.807, 2.05) is 0 Å². The molecule has 13 nitrogen and oxygen atoms in total. The highest BCUT2D eigenvalue weighted by molar-refractivity contribution is 6.12. The summed E-state index contributed by atoms with van der Waals surface area (Å²) in [5.41, 5.74) is 2.28. The van der Waals surface area contributed by atoms with Crippen LogP contribution >= 0.6 is 0 Å². The summed E-state index contributed by atoms with van der Waals surface area (Å²) < 4.78 is 18.5. The fraction of sp³-hybridized carbons (Fsp3) is 0.455. The summed E-state index contributed by atoms with van der Waals surface area (Å²) in [4.78, 5) is 41.2. The number of nitrogens with zero attached hydrogens (tertiary/aromatic N) is 5. The summed E-state index contributed by atoms with van der Waals surface area (Å²) in [5.74, 6) is -1.04. The number of benzene rings is 2. The number of carbonyl (C=O) groups is 3. The highest BCUT2D eigenvalue weighted by Gasteiger charge is 2.23. The van der Waals surface area contributed by atoms with Gasteiger partial charge in [-0.3, -0.25) is 14.9 Å². The van der Waals surface area contributed by atoms with Crippen LogP contribution in [0.4, 0.5) is 21.9 Å². The van der Waals surface area contributed by atoms with Crippen molar-refractivity contribution in [3.8, 4) is 11.8 Å². The molecule has 3 heterocycles. The second-order valence-corrected chi connectivity index (χ2v) is 12.3. The van der Waals surface area contributed by atoms with Crippen molar-refractivity contribution >= 4 is 34.8 Å². The highest BCUT2D eigenvalue weighted by Crippen LogP contribution is 2.34. The maximum atomic E-state index is 13.3. The Morgan fingerprint density at radius 2 is 1.85 bits per heavy atom. The van der Waals surface area contributed by atoms with Crippen molar-refractivity contribution in [3.63, 3.8) is 0 Å². The van der Waals surface area contributed by atoms with Crippen LogP contribution in [0.5, 0.6) is 0 Å². The Labute approximate surface area is 267 Å². The Kier molecular flexibility index (Phi) is 10.3. The molecule has 2 aromatic carbocycles. The summed E-state index contributed by atoms with van der Waals surface area (Å²) in [7, 11) is 0. The Balaban J connectivity index is 1.30. The molecular formula is C33H39N7O6. The van der Waals surface area contributed by atoms with E-state index in [0.29, 0.717) is 34.8 Å². The molecule has 1 atom stereocenters. The molecule has 0 spiro atoms. The van der Waals surface area contributed by atoms with Crippen LogP contribution in [-0.4, -0.2) is 64.4 Å². The molecule has 2 fully saturated rings. The van der Waals surface area contributed by atoms with Crippen molar-refractivity contribution < 1.29 is 28.6 Å². The first-order valence-electron chi connectivity index (χ1n) is 15.5. The van der Waals surface area contributed by atoms with Gasteiger partial charge in [0.05, 0.1) is 53.2 Å². The SMILES string of the molecule is CC(C)(C)OC(=O)Nc1cc(N2CCCC2)c(C#N)cc1NC(=O)CC(=O)c1cccc(-n2nncc2COC2CCCCO2)c1. The zero-order valence-electron chi connectivity index (χ0n) is 26.4. The van der Waals surface area contributed by atoms with Gasteiger partial charge in [0.15, 0.2) is 12.1 Å². The molecule has 0 radical (unpaired) electrons. The van der Waals surface area contributed by atoms with Gasteiger partial charge in [-0.1, -0.05) is 17.3 Å². The minimum Gasteiger partial charge on any atom is -0.444 e. The largest absolute Gasteiger partial charge is 0.444 e. The van der Waals surface area contributed by atoms with Crippen LogP contribution in [0.25, 0.3) is 5.69 Å². The quantitative estimate of drug-likeness (QED) is 0.221. The minimum absolute atomic E-state index is 0.186. The van der Waals surface area contributed by atoms with E-state index in [9.17, 15) is 19.6 Å². The lowest BCUT2D eigenvalue weighted by molar-refractivity contribution is -0.169. The van der Waals surface area contributed by atoms with E-state index in [0.717, 1.165) is 45.2 Å². The first kappa shape index (κ1) is 32.6. The van der Waals surface area contributed by atoms with E-state index >= 15 is 0 Å². The standard InChI is InChI=1S/C33H39N7O6/c1-33(2,3)46-32(43)37-27-17-28(39-12-5-6-13-39)23(19-34)16-26(27)36-30(42)18-29(41)22-9-8-10-24(15-22)40-25(20-35-38-40)21-45-31-11-4-7-14-44-31/h8-10,15-17,20,31H,4-7,11-14,18,21H2,1-3H3,(H,36,42)(H,37,43). The lowest BCUT2D eigenvalue weighted by Crippen LogP contribution is -2.28. The number of nitrogens with one attached hydrogen (secondary N) is 2. The van der Waals surface area contributed by atoms with E-state index in [-0.39, 0.29) is 24.3 Å². The first-order valence-corrected chi connectivity index (χ1v) is 15.5. The number of ether oxygens (including phenoxy) is 3. The normalized spacial score (nSPS) is 16.5. The van der Waals surface area contributed by atoms with Crippen molar-refractivity contribution in [3.05, 3.63) is 59.4 Å². The molecule has 3 aromatic rings. The zero-order chi connectivity index (χ0) is 32.7. The topological polar surface area (TPSA) is 161 Å². The minimum atomic E-state index is -0.747. The Hall–Kier alpha value is -4.80. The van der Waals surface area contributed by atoms with Gasteiger partial charge < -0.3 is 24.4 Å². The van der Waals surface area contributed by atoms with Gasteiger partial charge in [-0.25, -0.2) is 9.48 Å². The number of Topliss-reactive ketones (excluding diaryl/α,β-unsaturated/α-hetero) is 1. The molecule has 0 bridgehead atoms. The van der Waals surface area contributed by atoms with Gasteiger partial charge in [-0.05, 0) is 77.1 Å². The van der Waals surface area contributed by atoms with Crippen LogP contribution in [0.3, 0.4) is 0 Å². The van der Waals surface area contributed by atoms with Crippen LogP contribution < -0.4 is 15.5 Å². The van der Waals surface area contributed by atoms with Crippen molar-refractivity contribution in [2.24, 2.45) is 0 Å². The van der Waals surface area contributed by atoms with Gasteiger partial charge in [-0.2, -0.15) is 5.26 Å². The van der Waals surface area contributed by atoms with E-state index in [1.165, 1.54) is 6.07 Å². The number of ketones is 1. The van der Waals surface area contributed by atoms with Crippen molar-refractivity contribution in [1.82, 2.24) is 15.0 Å². The molecule has 242 valence electrons. The lowest BCUT2D eigenvalue weighted by Gasteiger charge is -2.24. The molecule has 5 rings (SSSR count). The number of carbonyl (C=O) groups excluding carboxylic acids is 3. The number of aromatic nitrogens is 3. The van der Waals surface area contributed by atoms with Gasteiger partial charge in [0, 0.05) is 25.3 Å². The molecule has 2 aliphatic rings. The van der Waals surface area contributed by atoms with Crippen LogP contribution in [0, 0.1) is 11.3 Å². The fourth-order valence-corrected chi connectivity index (χ4v) is 5.36. The molecule has 2 aliphatic heterocycles. The molecule has 1 aromatic heterocycles. The third kappa shape index (κ3) is 8.47. The molecular weight excluding hydrogens is 590 g/mol. The summed E-state index contributed by atoms with van der Waals surface area (Å²) in [6.07, 6.45) is 5.01. The predicted molar refractivity (Wildman–Crippen MR) is 170 cm³/mol. The third-order valence-corrected chi connectivity index (χ3v) is 7.52. The second-order valence-electron chi connectivity index (χ2n) is 12.3. The van der Waals surface area contributed by atoms with Gasteiger partial charge in [0.25, 0.3) is 0 Å². The maximum Gasteiger partial charge on any atom is 0.412 e. The van der Waals surface area contributed by atoms with Gasteiger partial charge in [0.2, 0.25) is 5.91 Å². The molecule has 0 saturated carbocycles. The molecule has 2 N–H and O–H groups in total. The zero-order valence-corrected chi connectivity index (χ0v) is 26.4. The average Bonchev–Trinajstić information content (AvgIpc) is 3.73. The Morgan fingerprint density at radius 1 is 1.07 bits per heavy atom. The number of nitriles is 1. The third-order valence-electron chi connectivity index (χ3n) is 7.52. The first-order chi connectivity index (χ1) is 22.1. The Bertz CT molecular complexity index is 1610. The second kappa shape index (κ2) is 14.5. The van der Waals surface area contributed by atoms with Crippen LogP contribution in [-0.2, 0) is 25.6 Å².